The molecule has 1 saturated heterocycles. The summed E-state index contributed by atoms with van der Waals surface area (Å²) in [6, 6.07) is 4.12. The van der Waals surface area contributed by atoms with E-state index >= 15 is 0 Å². The third kappa shape index (κ3) is 2.02. The maximum Gasteiger partial charge on any atom is 0.0813 e. The average Bonchev–Trinajstić information content (AvgIpc) is 2.86. The number of hydrogen-bond donors (Lipinski definition) is 0. The van der Waals surface area contributed by atoms with Gasteiger partial charge in [0.05, 0.1) is 12.7 Å². The summed E-state index contributed by atoms with van der Waals surface area (Å²) < 4.78 is 5.11. The predicted molar refractivity (Wildman–Crippen MR) is 42.3 cm³/mol. The zero-order chi connectivity index (χ0) is 7.52. The number of hydrogen-bond acceptors (Lipinski definition) is 2. The third-order valence-corrected chi connectivity index (χ3v) is 1.91. The Labute approximate surface area is 66.2 Å². The van der Waals surface area contributed by atoms with E-state index in [0.717, 1.165) is 19.4 Å². The SMILES string of the molecule is c1cc(CCC2CO2)ccn1. The Morgan fingerprint density at radius 1 is 1.45 bits per heavy atom. The molecule has 1 fully saturated rings. The van der Waals surface area contributed by atoms with Crippen LogP contribution in [0.1, 0.15) is 12.0 Å². The highest BCUT2D eigenvalue weighted by Gasteiger charge is 2.21. The van der Waals surface area contributed by atoms with Crippen LogP contribution in [0, 0.1) is 0 Å². The van der Waals surface area contributed by atoms with E-state index in [4.69, 9.17) is 4.74 Å². The minimum atomic E-state index is 0.545. The van der Waals surface area contributed by atoms with Gasteiger partial charge in [0.15, 0.2) is 0 Å². The van der Waals surface area contributed by atoms with Crippen molar-refractivity contribution in [1.29, 1.82) is 0 Å². The zero-order valence-corrected chi connectivity index (χ0v) is 6.36. The largest absolute Gasteiger partial charge is 0.373 e. The molecule has 0 bridgehead atoms. The van der Waals surface area contributed by atoms with Crippen molar-refractivity contribution in [2.45, 2.75) is 18.9 Å². The molecule has 0 saturated carbocycles. The summed E-state index contributed by atoms with van der Waals surface area (Å²) in [6.07, 6.45) is 6.49. The summed E-state index contributed by atoms with van der Waals surface area (Å²) in [5.41, 5.74) is 1.36. The summed E-state index contributed by atoms with van der Waals surface area (Å²) in [5, 5.41) is 0. The Morgan fingerprint density at radius 3 is 2.82 bits per heavy atom. The molecule has 0 aromatic carbocycles. The summed E-state index contributed by atoms with van der Waals surface area (Å²) in [7, 11) is 0. The number of pyridine rings is 1. The molecule has 0 aliphatic carbocycles. The first kappa shape index (κ1) is 6.80. The van der Waals surface area contributed by atoms with Crippen LogP contribution in [0.4, 0.5) is 0 Å². The number of epoxide rings is 1. The second-order valence-electron chi connectivity index (χ2n) is 2.85. The number of nitrogens with zero attached hydrogens (tertiary/aromatic N) is 1. The molecule has 0 amide bonds. The van der Waals surface area contributed by atoms with Gasteiger partial charge in [-0.1, -0.05) is 0 Å². The van der Waals surface area contributed by atoms with Crippen molar-refractivity contribution in [2.24, 2.45) is 0 Å². The van der Waals surface area contributed by atoms with Crippen LogP contribution >= 0.6 is 0 Å². The average molecular weight is 149 g/mol. The number of aromatic nitrogens is 1. The van der Waals surface area contributed by atoms with Crippen LogP contribution in [0.25, 0.3) is 0 Å². The van der Waals surface area contributed by atoms with Gasteiger partial charge in [-0.25, -0.2) is 0 Å². The fourth-order valence-electron chi connectivity index (χ4n) is 1.11. The first-order valence-electron chi connectivity index (χ1n) is 3.95. The van der Waals surface area contributed by atoms with E-state index in [-0.39, 0.29) is 0 Å². The Hall–Kier alpha value is -0.890. The topological polar surface area (TPSA) is 25.4 Å². The minimum absolute atomic E-state index is 0.545. The monoisotopic (exact) mass is 149 g/mol. The molecule has 0 N–H and O–H groups in total. The Kier molecular flexibility index (Phi) is 1.86. The van der Waals surface area contributed by atoms with Crippen LogP contribution in [0.15, 0.2) is 24.5 Å². The van der Waals surface area contributed by atoms with E-state index in [2.05, 4.69) is 17.1 Å². The van der Waals surface area contributed by atoms with E-state index in [0.29, 0.717) is 6.10 Å². The zero-order valence-electron chi connectivity index (χ0n) is 6.36. The molecule has 2 nitrogen and oxygen atoms in total. The van der Waals surface area contributed by atoms with Gasteiger partial charge in [0.25, 0.3) is 0 Å². The third-order valence-electron chi connectivity index (χ3n) is 1.91. The van der Waals surface area contributed by atoms with Crippen molar-refractivity contribution in [1.82, 2.24) is 4.98 Å². The van der Waals surface area contributed by atoms with Gasteiger partial charge in [0.1, 0.15) is 0 Å². The molecule has 1 aromatic heterocycles. The fourth-order valence-corrected chi connectivity index (χ4v) is 1.11. The number of ether oxygens (including phenoxy) is 1. The van der Waals surface area contributed by atoms with Gasteiger partial charge in [-0.05, 0) is 30.5 Å². The van der Waals surface area contributed by atoms with Crippen LogP contribution in [-0.4, -0.2) is 17.7 Å². The molecule has 0 spiro atoms. The molecule has 1 atom stereocenters. The molecule has 58 valence electrons. The Morgan fingerprint density at radius 2 is 2.18 bits per heavy atom. The lowest BCUT2D eigenvalue weighted by Crippen LogP contribution is -1.90. The molecule has 2 rings (SSSR count). The predicted octanol–water partition coefficient (Wildman–Crippen LogP) is 1.41. The van der Waals surface area contributed by atoms with Crippen LogP contribution in [0.5, 0.6) is 0 Å². The lowest BCUT2D eigenvalue weighted by molar-refractivity contribution is 0.397. The normalized spacial score (nSPS) is 21.6. The molecule has 11 heavy (non-hydrogen) atoms. The van der Waals surface area contributed by atoms with E-state index in [1.54, 1.807) is 0 Å². The van der Waals surface area contributed by atoms with Gasteiger partial charge in [-0.3, -0.25) is 4.98 Å². The second-order valence-corrected chi connectivity index (χ2v) is 2.85. The van der Waals surface area contributed by atoms with Crippen LogP contribution in [-0.2, 0) is 11.2 Å². The first-order valence-corrected chi connectivity index (χ1v) is 3.95. The highest BCUT2D eigenvalue weighted by Crippen LogP contribution is 2.15. The van der Waals surface area contributed by atoms with Crippen LogP contribution < -0.4 is 0 Å². The lowest BCUT2D eigenvalue weighted by atomic mass is 10.1. The van der Waals surface area contributed by atoms with E-state index in [1.807, 2.05) is 12.4 Å². The van der Waals surface area contributed by atoms with Crippen molar-refractivity contribution < 1.29 is 4.74 Å². The Balaban J connectivity index is 1.85. The highest BCUT2D eigenvalue weighted by molar-refractivity contribution is 5.09. The summed E-state index contributed by atoms with van der Waals surface area (Å²) >= 11 is 0. The number of aryl methyl sites for hydroxylation is 1. The first-order chi connectivity index (χ1) is 5.45. The van der Waals surface area contributed by atoms with Gasteiger partial charge < -0.3 is 4.74 Å². The van der Waals surface area contributed by atoms with E-state index < -0.39 is 0 Å². The minimum Gasteiger partial charge on any atom is -0.373 e. The molecule has 0 radical (unpaired) electrons. The quantitative estimate of drug-likeness (QED) is 0.607. The maximum absolute atomic E-state index is 5.11. The molecule has 1 aromatic rings. The van der Waals surface area contributed by atoms with E-state index in [1.165, 1.54) is 5.56 Å². The van der Waals surface area contributed by atoms with Gasteiger partial charge in [0, 0.05) is 12.4 Å². The summed E-state index contributed by atoms with van der Waals surface area (Å²) in [4.78, 5) is 3.96. The standard InChI is InChI=1S/C9H11NO/c1(2-9-7-11-9)8-3-5-10-6-4-8/h3-6,9H,1-2,7H2. The highest BCUT2D eigenvalue weighted by atomic mass is 16.6. The van der Waals surface area contributed by atoms with Gasteiger partial charge in [-0.2, -0.15) is 0 Å². The number of rotatable bonds is 3. The molecule has 2 heteroatoms. The van der Waals surface area contributed by atoms with Gasteiger partial charge >= 0.3 is 0 Å². The molecule has 2 heterocycles. The van der Waals surface area contributed by atoms with Gasteiger partial charge in [0.2, 0.25) is 0 Å². The van der Waals surface area contributed by atoms with Crippen LogP contribution in [0.3, 0.4) is 0 Å². The molecular weight excluding hydrogens is 138 g/mol. The van der Waals surface area contributed by atoms with Crippen molar-refractivity contribution in [2.75, 3.05) is 6.61 Å². The molecular formula is C9H11NO. The summed E-state index contributed by atoms with van der Waals surface area (Å²) in [5.74, 6) is 0. The molecule has 1 unspecified atom stereocenters. The molecule has 1 aliphatic heterocycles. The van der Waals surface area contributed by atoms with Crippen LogP contribution in [0.2, 0.25) is 0 Å². The van der Waals surface area contributed by atoms with Crippen molar-refractivity contribution in [3.05, 3.63) is 30.1 Å². The smallest absolute Gasteiger partial charge is 0.0813 e. The Bertz CT molecular complexity index is 218. The van der Waals surface area contributed by atoms with Crippen molar-refractivity contribution >= 4 is 0 Å². The van der Waals surface area contributed by atoms with Gasteiger partial charge in [-0.15, -0.1) is 0 Å². The summed E-state index contributed by atoms with van der Waals surface area (Å²) in [6.45, 7) is 0.963. The second kappa shape index (κ2) is 3.01. The lowest BCUT2D eigenvalue weighted by Gasteiger charge is -1.95. The van der Waals surface area contributed by atoms with Crippen molar-refractivity contribution in [3.63, 3.8) is 0 Å². The van der Waals surface area contributed by atoms with Crippen molar-refractivity contribution in [3.8, 4) is 0 Å². The maximum atomic E-state index is 5.11. The molecule has 1 aliphatic rings. The fraction of sp³-hybridized carbons (Fsp3) is 0.444. The van der Waals surface area contributed by atoms with E-state index in [9.17, 15) is 0 Å².